The summed E-state index contributed by atoms with van der Waals surface area (Å²) in [6, 6.07) is 5.85. The van der Waals surface area contributed by atoms with Crippen molar-refractivity contribution in [2.45, 2.75) is 40.5 Å². The van der Waals surface area contributed by atoms with Gasteiger partial charge in [0.25, 0.3) is 11.6 Å². The number of nitro groups is 1. The molecule has 0 radical (unpaired) electrons. The van der Waals surface area contributed by atoms with E-state index in [2.05, 4.69) is 27.7 Å². The van der Waals surface area contributed by atoms with Crippen molar-refractivity contribution in [3.05, 3.63) is 39.9 Å². The van der Waals surface area contributed by atoms with Crippen LogP contribution >= 0.6 is 0 Å². The van der Waals surface area contributed by atoms with Crippen molar-refractivity contribution in [2.75, 3.05) is 13.1 Å². The quantitative estimate of drug-likeness (QED) is 0.536. The second-order valence-corrected chi connectivity index (χ2v) is 6.46. The van der Waals surface area contributed by atoms with E-state index in [1.165, 1.54) is 24.3 Å². The molecule has 0 bridgehead atoms. The maximum absolute atomic E-state index is 12.6. The van der Waals surface area contributed by atoms with Crippen molar-refractivity contribution in [2.24, 2.45) is 11.8 Å². The summed E-state index contributed by atoms with van der Waals surface area (Å²) in [6.45, 7) is 9.99. The number of benzene rings is 1. The molecule has 0 aliphatic heterocycles. The molecule has 0 saturated heterocycles. The Hall–Kier alpha value is -1.91. The molecule has 1 amide bonds. The monoisotopic (exact) mass is 306 g/mol. The molecule has 0 N–H and O–H groups in total. The number of nitro benzene ring substituents is 1. The summed E-state index contributed by atoms with van der Waals surface area (Å²) in [5.41, 5.74) is 0.519. The molecule has 1 rings (SSSR count). The minimum atomic E-state index is -0.455. The van der Waals surface area contributed by atoms with Gasteiger partial charge in [-0.05, 0) is 36.8 Å². The van der Waals surface area contributed by atoms with Gasteiger partial charge in [0, 0.05) is 30.8 Å². The Labute approximate surface area is 132 Å². The number of rotatable bonds is 8. The lowest BCUT2D eigenvalue weighted by Crippen LogP contribution is -2.34. The first kappa shape index (κ1) is 18.1. The summed E-state index contributed by atoms with van der Waals surface area (Å²) in [5, 5.41) is 10.7. The van der Waals surface area contributed by atoms with Crippen LogP contribution in [0.15, 0.2) is 24.3 Å². The van der Waals surface area contributed by atoms with Gasteiger partial charge >= 0.3 is 0 Å². The van der Waals surface area contributed by atoms with Crippen molar-refractivity contribution < 1.29 is 9.72 Å². The maximum atomic E-state index is 12.6. The lowest BCUT2D eigenvalue weighted by molar-refractivity contribution is -0.384. The number of non-ortho nitro benzene ring substituents is 1. The van der Waals surface area contributed by atoms with E-state index in [1.54, 1.807) is 0 Å². The number of carbonyl (C=O) groups excluding carboxylic acids is 1. The van der Waals surface area contributed by atoms with Crippen LogP contribution < -0.4 is 0 Å². The van der Waals surface area contributed by atoms with Crippen LogP contribution in [0.3, 0.4) is 0 Å². The molecule has 0 aliphatic rings. The first-order valence-electron chi connectivity index (χ1n) is 7.85. The van der Waals surface area contributed by atoms with Crippen molar-refractivity contribution in [3.63, 3.8) is 0 Å². The Bertz CT molecular complexity index is 483. The largest absolute Gasteiger partial charge is 0.339 e. The molecule has 122 valence electrons. The van der Waals surface area contributed by atoms with Gasteiger partial charge in [-0.2, -0.15) is 0 Å². The minimum absolute atomic E-state index is 0.00691. The van der Waals surface area contributed by atoms with Gasteiger partial charge in [-0.3, -0.25) is 14.9 Å². The molecule has 0 aliphatic carbocycles. The fourth-order valence-electron chi connectivity index (χ4n) is 2.05. The molecule has 0 heterocycles. The lowest BCUT2D eigenvalue weighted by Gasteiger charge is -2.24. The molecule has 0 fully saturated rings. The van der Waals surface area contributed by atoms with Gasteiger partial charge in [0.2, 0.25) is 0 Å². The Kier molecular flexibility index (Phi) is 7.02. The van der Waals surface area contributed by atoms with Crippen LogP contribution in [0, 0.1) is 22.0 Å². The number of hydrogen-bond acceptors (Lipinski definition) is 3. The van der Waals surface area contributed by atoms with Gasteiger partial charge in [-0.15, -0.1) is 0 Å². The topological polar surface area (TPSA) is 63.5 Å². The average molecular weight is 306 g/mol. The normalized spacial score (nSPS) is 11.0. The van der Waals surface area contributed by atoms with Crippen LogP contribution in [-0.4, -0.2) is 28.8 Å². The molecule has 0 saturated carbocycles. The zero-order chi connectivity index (χ0) is 16.7. The second kappa shape index (κ2) is 8.51. The lowest BCUT2D eigenvalue weighted by atomic mass is 10.1. The molecule has 0 aromatic heterocycles. The molecule has 0 atom stereocenters. The fourth-order valence-corrected chi connectivity index (χ4v) is 2.05. The highest BCUT2D eigenvalue weighted by Crippen LogP contribution is 2.15. The highest BCUT2D eigenvalue weighted by atomic mass is 16.6. The molecule has 0 spiro atoms. The third-order valence-electron chi connectivity index (χ3n) is 3.57. The van der Waals surface area contributed by atoms with Crippen LogP contribution in [0.5, 0.6) is 0 Å². The third kappa shape index (κ3) is 5.84. The fraction of sp³-hybridized carbons (Fsp3) is 0.588. The summed E-state index contributed by atoms with van der Waals surface area (Å²) in [5.74, 6) is 1.02. The summed E-state index contributed by atoms with van der Waals surface area (Å²) >= 11 is 0. The van der Waals surface area contributed by atoms with E-state index in [0.29, 0.717) is 17.4 Å². The van der Waals surface area contributed by atoms with Crippen molar-refractivity contribution in [1.29, 1.82) is 0 Å². The van der Waals surface area contributed by atoms with Gasteiger partial charge in [0.05, 0.1) is 4.92 Å². The Morgan fingerprint density at radius 3 is 1.86 bits per heavy atom. The summed E-state index contributed by atoms with van der Waals surface area (Å²) in [6.07, 6.45) is 1.91. The van der Waals surface area contributed by atoms with Crippen LogP contribution in [-0.2, 0) is 0 Å². The molecule has 5 nitrogen and oxygen atoms in total. The van der Waals surface area contributed by atoms with E-state index in [-0.39, 0.29) is 11.6 Å². The average Bonchev–Trinajstić information content (AvgIpc) is 2.46. The van der Waals surface area contributed by atoms with Crippen molar-refractivity contribution in [3.8, 4) is 0 Å². The van der Waals surface area contributed by atoms with Gasteiger partial charge in [0.1, 0.15) is 0 Å². The number of carbonyl (C=O) groups is 1. The predicted octanol–water partition coefficient (Wildman–Crippen LogP) is 4.13. The number of amides is 1. The maximum Gasteiger partial charge on any atom is 0.269 e. The van der Waals surface area contributed by atoms with Crippen LogP contribution in [0.1, 0.15) is 50.9 Å². The van der Waals surface area contributed by atoms with Crippen molar-refractivity contribution >= 4 is 11.6 Å². The van der Waals surface area contributed by atoms with Gasteiger partial charge in [-0.1, -0.05) is 27.7 Å². The smallest absolute Gasteiger partial charge is 0.269 e. The predicted molar refractivity (Wildman–Crippen MR) is 87.9 cm³/mol. The molecule has 22 heavy (non-hydrogen) atoms. The molecular weight excluding hydrogens is 280 g/mol. The van der Waals surface area contributed by atoms with E-state index in [9.17, 15) is 14.9 Å². The highest BCUT2D eigenvalue weighted by Gasteiger charge is 2.17. The van der Waals surface area contributed by atoms with E-state index < -0.39 is 4.92 Å². The molecular formula is C17H26N2O3. The van der Waals surface area contributed by atoms with Crippen molar-refractivity contribution in [1.82, 2.24) is 4.90 Å². The standard InChI is InChI=1S/C17H26N2O3/c1-13(2)9-11-18(12-10-14(3)4)17(20)15-5-7-16(8-6-15)19(21)22/h5-8,13-14H,9-12H2,1-4H3. The minimum Gasteiger partial charge on any atom is -0.339 e. The summed E-state index contributed by atoms with van der Waals surface area (Å²) < 4.78 is 0. The highest BCUT2D eigenvalue weighted by molar-refractivity contribution is 5.94. The van der Waals surface area contributed by atoms with E-state index in [1.807, 2.05) is 4.90 Å². The first-order chi connectivity index (χ1) is 10.3. The zero-order valence-corrected chi connectivity index (χ0v) is 13.9. The first-order valence-corrected chi connectivity index (χ1v) is 7.85. The molecule has 1 aromatic rings. The number of hydrogen-bond donors (Lipinski definition) is 0. The van der Waals surface area contributed by atoms with Gasteiger partial charge in [-0.25, -0.2) is 0 Å². The van der Waals surface area contributed by atoms with Crippen LogP contribution in [0.4, 0.5) is 5.69 Å². The van der Waals surface area contributed by atoms with Crippen LogP contribution in [0.2, 0.25) is 0 Å². The number of nitrogens with zero attached hydrogens (tertiary/aromatic N) is 2. The SMILES string of the molecule is CC(C)CCN(CCC(C)C)C(=O)c1ccc([N+](=O)[O-])cc1. The Morgan fingerprint density at radius 1 is 1.05 bits per heavy atom. The van der Waals surface area contributed by atoms with E-state index in [4.69, 9.17) is 0 Å². The summed E-state index contributed by atoms with van der Waals surface area (Å²) in [7, 11) is 0. The zero-order valence-electron chi connectivity index (χ0n) is 13.9. The second-order valence-electron chi connectivity index (χ2n) is 6.46. The molecule has 0 unspecified atom stereocenters. The van der Waals surface area contributed by atoms with Gasteiger partial charge in [0.15, 0.2) is 0 Å². The third-order valence-corrected chi connectivity index (χ3v) is 3.57. The summed E-state index contributed by atoms with van der Waals surface area (Å²) in [4.78, 5) is 24.7. The van der Waals surface area contributed by atoms with E-state index >= 15 is 0 Å². The Balaban J connectivity index is 2.82. The molecule has 5 heteroatoms. The molecule has 1 aromatic carbocycles. The van der Waals surface area contributed by atoms with Crippen LogP contribution in [0.25, 0.3) is 0 Å². The van der Waals surface area contributed by atoms with Gasteiger partial charge < -0.3 is 4.90 Å². The Morgan fingerprint density at radius 2 is 1.50 bits per heavy atom. The van der Waals surface area contributed by atoms with E-state index in [0.717, 1.165) is 25.9 Å².